The zero-order valence-corrected chi connectivity index (χ0v) is 10.6. The van der Waals surface area contributed by atoms with Crippen molar-refractivity contribution < 1.29 is 0 Å². The van der Waals surface area contributed by atoms with E-state index in [1.54, 1.807) is 17.4 Å². The number of aromatic nitrogens is 1. The van der Waals surface area contributed by atoms with Gasteiger partial charge in [-0.3, -0.25) is 0 Å². The normalized spacial score (nSPS) is 12.4. The first-order valence-electron chi connectivity index (χ1n) is 5.14. The van der Waals surface area contributed by atoms with Crippen LogP contribution in [0.3, 0.4) is 0 Å². The van der Waals surface area contributed by atoms with Gasteiger partial charge in [0.15, 0.2) is 0 Å². The highest BCUT2D eigenvalue weighted by atomic mass is 35.5. The number of nitrogens with one attached hydrogen (secondary N) is 1. The summed E-state index contributed by atoms with van der Waals surface area (Å²) in [5.74, 6) is 0.829. The summed E-state index contributed by atoms with van der Waals surface area (Å²) in [5, 5.41) is 8.12. The van der Waals surface area contributed by atoms with Gasteiger partial charge in [0.1, 0.15) is 11.0 Å². The molecule has 2 aromatic heterocycles. The Hall–Kier alpha value is -1.06. The van der Waals surface area contributed by atoms with E-state index in [0.717, 1.165) is 12.2 Å². The van der Waals surface area contributed by atoms with Crippen molar-refractivity contribution in [3.63, 3.8) is 0 Å². The van der Waals surface area contributed by atoms with E-state index >= 15 is 0 Å². The van der Waals surface area contributed by atoms with Crippen molar-refractivity contribution in [3.05, 3.63) is 45.7 Å². The molecule has 1 atom stereocenters. The number of rotatable bonds is 4. The van der Waals surface area contributed by atoms with Crippen LogP contribution in [0.25, 0.3) is 0 Å². The summed E-state index contributed by atoms with van der Waals surface area (Å²) in [6.45, 7) is 2.14. The van der Waals surface area contributed by atoms with E-state index in [1.807, 2.05) is 12.1 Å². The Labute approximate surface area is 104 Å². The van der Waals surface area contributed by atoms with E-state index in [0.29, 0.717) is 11.2 Å². The minimum absolute atomic E-state index is 0.348. The highest BCUT2D eigenvalue weighted by Crippen LogP contribution is 2.13. The first-order chi connectivity index (χ1) is 7.74. The highest BCUT2D eigenvalue weighted by Gasteiger charge is 2.04. The maximum absolute atomic E-state index is 5.82. The maximum Gasteiger partial charge on any atom is 0.131 e. The molecule has 0 bridgehead atoms. The van der Waals surface area contributed by atoms with Crippen LogP contribution in [-0.2, 0) is 6.42 Å². The first-order valence-corrected chi connectivity index (χ1v) is 6.46. The Morgan fingerprint density at radius 3 is 3.00 bits per heavy atom. The quantitative estimate of drug-likeness (QED) is 0.837. The fourth-order valence-electron chi connectivity index (χ4n) is 1.55. The highest BCUT2D eigenvalue weighted by molar-refractivity contribution is 7.07. The molecule has 0 aliphatic heterocycles. The average molecular weight is 253 g/mol. The lowest BCUT2D eigenvalue weighted by Crippen LogP contribution is -2.18. The van der Waals surface area contributed by atoms with Gasteiger partial charge < -0.3 is 5.32 Å². The van der Waals surface area contributed by atoms with Crippen LogP contribution in [0, 0.1) is 0 Å². The Morgan fingerprint density at radius 1 is 1.44 bits per heavy atom. The maximum atomic E-state index is 5.82. The van der Waals surface area contributed by atoms with Gasteiger partial charge >= 0.3 is 0 Å². The molecule has 0 saturated carbocycles. The van der Waals surface area contributed by atoms with Gasteiger partial charge in [0.05, 0.1) is 0 Å². The fourth-order valence-corrected chi connectivity index (χ4v) is 2.40. The monoisotopic (exact) mass is 252 g/mol. The standard InChI is InChI=1S/C12H13ClN2S/c1-9(7-10-5-6-16-8-10)14-12-4-2-3-11(13)15-12/h2-6,8-9H,7H2,1H3,(H,14,15). The second-order valence-electron chi connectivity index (χ2n) is 3.73. The third kappa shape index (κ3) is 3.22. The van der Waals surface area contributed by atoms with Crippen molar-refractivity contribution in [2.24, 2.45) is 0 Å². The molecule has 0 aliphatic carbocycles. The predicted octanol–water partition coefficient (Wildman–Crippen LogP) is 3.84. The molecule has 2 aromatic rings. The molecule has 2 nitrogen and oxygen atoms in total. The van der Waals surface area contributed by atoms with Gasteiger partial charge in [0, 0.05) is 6.04 Å². The molecule has 0 fully saturated rings. The van der Waals surface area contributed by atoms with Gasteiger partial charge in [0.2, 0.25) is 0 Å². The molecular weight excluding hydrogens is 240 g/mol. The van der Waals surface area contributed by atoms with Gasteiger partial charge in [-0.05, 0) is 47.9 Å². The molecule has 4 heteroatoms. The van der Waals surface area contributed by atoms with E-state index in [9.17, 15) is 0 Å². The number of hydrogen-bond acceptors (Lipinski definition) is 3. The average Bonchev–Trinajstić information content (AvgIpc) is 2.70. The molecule has 16 heavy (non-hydrogen) atoms. The van der Waals surface area contributed by atoms with Crippen LogP contribution in [0.1, 0.15) is 12.5 Å². The van der Waals surface area contributed by atoms with Gasteiger partial charge in [-0.15, -0.1) is 0 Å². The molecule has 1 unspecified atom stereocenters. The largest absolute Gasteiger partial charge is 0.367 e. The van der Waals surface area contributed by atoms with Crippen LogP contribution in [0.2, 0.25) is 5.15 Å². The molecule has 0 aromatic carbocycles. The molecular formula is C12H13ClN2S. The lowest BCUT2D eigenvalue weighted by Gasteiger charge is -2.13. The van der Waals surface area contributed by atoms with E-state index in [4.69, 9.17) is 11.6 Å². The zero-order valence-electron chi connectivity index (χ0n) is 8.98. The first kappa shape index (κ1) is 11.4. The van der Waals surface area contributed by atoms with Crippen molar-refractivity contribution in [1.82, 2.24) is 4.98 Å². The number of thiophene rings is 1. The second kappa shape index (κ2) is 5.32. The minimum atomic E-state index is 0.348. The fraction of sp³-hybridized carbons (Fsp3) is 0.250. The third-order valence-electron chi connectivity index (χ3n) is 2.23. The molecule has 2 heterocycles. The lowest BCUT2D eigenvalue weighted by atomic mass is 10.1. The molecule has 84 valence electrons. The summed E-state index contributed by atoms with van der Waals surface area (Å²) >= 11 is 7.55. The molecule has 1 N–H and O–H groups in total. The third-order valence-corrected chi connectivity index (χ3v) is 3.17. The van der Waals surface area contributed by atoms with Crippen LogP contribution in [0.5, 0.6) is 0 Å². The van der Waals surface area contributed by atoms with E-state index in [1.165, 1.54) is 5.56 Å². The van der Waals surface area contributed by atoms with Gasteiger partial charge in [-0.1, -0.05) is 17.7 Å². The number of anilines is 1. The lowest BCUT2D eigenvalue weighted by molar-refractivity contribution is 0.787. The molecule has 2 rings (SSSR count). The van der Waals surface area contributed by atoms with Gasteiger partial charge in [0.25, 0.3) is 0 Å². The Morgan fingerprint density at radius 2 is 2.31 bits per heavy atom. The molecule has 0 spiro atoms. The van der Waals surface area contributed by atoms with Crippen LogP contribution < -0.4 is 5.32 Å². The van der Waals surface area contributed by atoms with Crippen molar-refractivity contribution in [1.29, 1.82) is 0 Å². The number of halogens is 1. The Kier molecular flexibility index (Phi) is 3.80. The summed E-state index contributed by atoms with van der Waals surface area (Å²) < 4.78 is 0. The van der Waals surface area contributed by atoms with Crippen LogP contribution in [0.4, 0.5) is 5.82 Å². The van der Waals surface area contributed by atoms with Crippen LogP contribution in [-0.4, -0.2) is 11.0 Å². The smallest absolute Gasteiger partial charge is 0.131 e. The summed E-state index contributed by atoms with van der Waals surface area (Å²) in [6.07, 6.45) is 0.998. The van der Waals surface area contributed by atoms with E-state index in [2.05, 4.69) is 34.1 Å². The molecule has 0 aliphatic rings. The number of nitrogens with zero attached hydrogens (tertiary/aromatic N) is 1. The second-order valence-corrected chi connectivity index (χ2v) is 4.89. The Bertz CT molecular complexity index is 442. The number of pyridine rings is 1. The van der Waals surface area contributed by atoms with Crippen molar-refractivity contribution >= 4 is 28.8 Å². The van der Waals surface area contributed by atoms with Crippen molar-refractivity contribution in [2.45, 2.75) is 19.4 Å². The SMILES string of the molecule is CC(Cc1ccsc1)Nc1cccc(Cl)n1. The van der Waals surface area contributed by atoms with Crippen LogP contribution >= 0.6 is 22.9 Å². The summed E-state index contributed by atoms with van der Waals surface area (Å²) in [4.78, 5) is 4.20. The number of hydrogen-bond donors (Lipinski definition) is 1. The molecule has 0 saturated heterocycles. The summed E-state index contributed by atoms with van der Waals surface area (Å²) in [5.41, 5.74) is 1.35. The van der Waals surface area contributed by atoms with Gasteiger partial charge in [-0.2, -0.15) is 11.3 Å². The Balaban J connectivity index is 1.94. The molecule has 0 radical (unpaired) electrons. The van der Waals surface area contributed by atoms with Gasteiger partial charge in [-0.25, -0.2) is 4.98 Å². The summed E-state index contributed by atoms with van der Waals surface area (Å²) in [7, 11) is 0. The van der Waals surface area contributed by atoms with E-state index in [-0.39, 0.29) is 0 Å². The van der Waals surface area contributed by atoms with Crippen LogP contribution in [0.15, 0.2) is 35.0 Å². The predicted molar refractivity (Wildman–Crippen MR) is 70.4 cm³/mol. The minimum Gasteiger partial charge on any atom is -0.367 e. The van der Waals surface area contributed by atoms with Crippen molar-refractivity contribution in [2.75, 3.05) is 5.32 Å². The van der Waals surface area contributed by atoms with E-state index < -0.39 is 0 Å². The topological polar surface area (TPSA) is 24.9 Å². The summed E-state index contributed by atoms with van der Waals surface area (Å²) in [6, 6.07) is 8.09. The van der Waals surface area contributed by atoms with Crippen molar-refractivity contribution in [3.8, 4) is 0 Å². The zero-order chi connectivity index (χ0) is 11.4. The molecule has 0 amide bonds.